The Kier molecular flexibility index (Phi) is 7.96. The van der Waals surface area contributed by atoms with Crippen molar-refractivity contribution in [1.29, 1.82) is 0 Å². The number of hydrazine groups is 1. The van der Waals surface area contributed by atoms with Crippen LogP contribution in [0.4, 0.5) is 0 Å². The van der Waals surface area contributed by atoms with Crippen LogP contribution in [0, 0.1) is 11.8 Å². The van der Waals surface area contributed by atoms with E-state index in [-0.39, 0.29) is 28.7 Å². The number of nitrogens with zero attached hydrogens (tertiary/aromatic N) is 2. The van der Waals surface area contributed by atoms with E-state index >= 15 is 0 Å². The van der Waals surface area contributed by atoms with E-state index in [1.165, 1.54) is 48.5 Å². The average Bonchev–Trinajstić information content (AvgIpc) is 3.40. The van der Waals surface area contributed by atoms with Crippen molar-refractivity contribution >= 4 is 57.0 Å². The van der Waals surface area contributed by atoms with E-state index in [4.69, 9.17) is 16.3 Å². The topological polar surface area (TPSA) is 101 Å². The minimum absolute atomic E-state index is 0.155. The number of carbonyl (C=O) groups is 5. The highest BCUT2D eigenvalue weighted by Gasteiger charge is 2.63. The third-order valence-corrected chi connectivity index (χ3v) is 10.5. The van der Waals surface area contributed by atoms with Crippen molar-refractivity contribution in [3.8, 4) is 5.75 Å². The number of benzene rings is 5. The molecule has 0 unspecified atom stereocenters. The molecule has 1 heterocycles. The fourth-order valence-electron chi connectivity index (χ4n) is 7.56. The maximum absolute atomic E-state index is 14.5. The lowest BCUT2D eigenvalue weighted by atomic mass is 9.55. The number of halogens is 2. The Morgan fingerprint density at radius 1 is 0.640 bits per heavy atom. The van der Waals surface area contributed by atoms with E-state index in [0.29, 0.717) is 10.6 Å². The number of esters is 1. The maximum Gasteiger partial charge on any atom is 0.343 e. The lowest BCUT2D eigenvalue weighted by Crippen LogP contribution is -2.52. The van der Waals surface area contributed by atoms with Gasteiger partial charge >= 0.3 is 5.97 Å². The first-order chi connectivity index (χ1) is 24.2. The highest BCUT2D eigenvalue weighted by molar-refractivity contribution is 9.10. The van der Waals surface area contributed by atoms with Crippen LogP contribution in [0.1, 0.15) is 65.2 Å². The second kappa shape index (κ2) is 12.5. The Labute approximate surface area is 300 Å². The van der Waals surface area contributed by atoms with Gasteiger partial charge in [0.05, 0.1) is 17.4 Å². The van der Waals surface area contributed by atoms with Crippen LogP contribution in [-0.4, -0.2) is 46.0 Å². The molecule has 8 nitrogen and oxygen atoms in total. The summed E-state index contributed by atoms with van der Waals surface area (Å²) in [6.45, 7) is -0.592. The van der Waals surface area contributed by atoms with Gasteiger partial charge in [0.15, 0.2) is 5.78 Å². The second-order valence-electron chi connectivity index (χ2n) is 12.5. The van der Waals surface area contributed by atoms with Crippen molar-refractivity contribution in [3.05, 3.63) is 170 Å². The normalized spacial score (nSPS) is 19.8. The lowest BCUT2D eigenvalue weighted by Gasteiger charge is -2.45. The summed E-state index contributed by atoms with van der Waals surface area (Å²) in [5.41, 5.74) is 4.67. The van der Waals surface area contributed by atoms with Gasteiger partial charge in [-0.05, 0) is 95.1 Å². The minimum Gasteiger partial charge on any atom is -0.423 e. The van der Waals surface area contributed by atoms with E-state index in [9.17, 15) is 24.0 Å². The number of ketones is 1. The van der Waals surface area contributed by atoms with Gasteiger partial charge in [-0.1, -0.05) is 76.1 Å². The summed E-state index contributed by atoms with van der Waals surface area (Å²) in [4.78, 5) is 69.7. The molecule has 4 aliphatic rings. The van der Waals surface area contributed by atoms with Gasteiger partial charge in [0.1, 0.15) is 12.3 Å². The van der Waals surface area contributed by atoms with Gasteiger partial charge in [-0.3, -0.25) is 19.2 Å². The number of Topliss-reactive ketones (excluding diaryl/α,β-unsaturated/α-hetero) is 1. The fraction of sp³-hybridized carbons (Fsp3) is 0.125. The Balaban J connectivity index is 1.11. The van der Waals surface area contributed by atoms with E-state index < -0.39 is 47.9 Å². The van der Waals surface area contributed by atoms with E-state index in [1.54, 1.807) is 24.3 Å². The molecule has 9 rings (SSSR count). The Morgan fingerprint density at radius 3 is 1.60 bits per heavy atom. The summed E-state index contributed by atoms with van der Waals surface area (Å²) in [6.07, 6.45) is 0. The first-order valence-corrected chi connectivity index (χ1v) is 17.1. The molecule has 3 aliphatic carbocycles. The molecule has 10 heteroatoms. The zero-order valence-electron chi connectivity index (χ0n) is 26.2. The predicted octanol–water partition coefficient (Wildman–Crippen LogP) is 7.45. The Morgan fingerprint density at radius 2 is 1.10 bits per heavy atom. The molecule has 2 bridgehead atoms. The third kappa shape index (κ3) is 5.25. The van der Waals surface area contributed by atoms with Gasteiger partial charge in [-0.15, -0.1) is 0 Å². The lowest BCUT2D eigenvalue weighted by molar-refractivity contribution is -0.154. The van der Waals surface area contributed by atoms with Crippen LogP contribution in [-0.2, 0) is 9.59 Å². The first-order valence-electron chi connectivity index (χ1n) is 15.9. The molecule has 0 N–H and O–H groups in total. The summed E-state index contributed by atoms with van der Waals surface area (Å²) in [7, 11) is 0. The van der Waals surface area contributed by atoms with Gasteiger partial charge in [0.25, 0.3) is 17.7 Å². The van der Waals surface area contributed by atoms with Gasteiger partial charge in [0.2, 0.25) is 0 Å². The van der Waals surface area contributed by atoms with Gasteiger partial charge in [0, 0.05) is 32.5 Å². The largest absolute Gasteiger partial charge is 0.423 e. The number of imide groups is 1. The van der Waals surface area contributed by atoms with Crippen LogP contribution >= 0.6 is 27.5 Å². The zero-order valence-corrected chi connectivity index (χ0v) is 28.5. The molecule has 50 heavy (non-hydrogen) atoms. The monoisotopic (exact) mass is 744 g/mol. The van der Waals surface area contributed by atoms with Gasteiger partial charge in [-0.25, -0.2) is 9.80 Å². The average molecular weight is 746 g/mol. The molecule has 5 aromatic carbocycles. The van der Waals surface area contributed by atoms with Crippen molar-refractivity contribution < 1.29 is 28.7 Å². The van der Waals surface area contributed by atoms with Crippen LogP contribution in [0.2, 0.25) is 5.02 Å². The standard InChI is InChI=1S/C40H26BrClN2O6/c41-25-15-9-24(10-16-25)40(49)50-27-19-13-22(14-20-27)32(45)21-43(37(46)23-11-17-26(42)18-12-23)44-38(47)35-33-28-5-1-2-6-29(28)34(36(35)39(44)48)31-8-4-3-7-30(31)33/h1-20,33-36H,21H2/t33?,34?,35-,36+. The van der Waals surface area contributed by atoms with Crippen molar-refractivity contribution in [2.24, 2.45) is 11.8 Å². The molecule has 2 atom stereocenters. The van der Waals surface area contributed by atoms with Crippen LogP contribution in [0.3, 0.4) is 0 Å². The molecule has 0 saturated carbocycles. The van der Waals surface area contributed by atoms with Crippen molar-refractivity contribution in [2.75, 3.05) is 6.54 Å². The summed E-state index contributed by atoms with van der Waals surface area (Å²) in [5, 5.41) is 2.26. The minimum atomic E-state index is -0.743. The molecule has 1 aliphatic heterocycles. The molecule has 1 fully saturated rings. The van der Waals surface area contributed by atoms with Crippen LogP contribution < -0.4 is 4.74 Å². The summed E-state index contributed by atoms with van der Waals surface area (Å²) in [5.74, 6) is -4.87. The van der Waals surface area contributed by atoms with E-state index in [1.807, 2.05) is 48.5 Å². The molecule has 0 radical (unpaired) electrons. The second-order valence-corrected chi connectivity index (χ2v) is 13.8. The van der Waals surface area contributed by atoms with Crippen LogP contribution in [0.15, 0.2) is 126 Å². The van der Waals surface area contributed by atoms with Crippen LogP contribution in [0.5, 0.6) is 5.75 Å². The maximum atomic E-state index is 14.5. The molecular weight excluding hydrogens is 720 g/mol. The molecule has 5 aromatic rings. The number of ether oxygens (including phenoxy) is 1. The fourth-order valence-corrected chi connectivity index (χ4v) is 7.95. The smallest absolute Gasteiger partial charge is 0.343 e. The molecule has 246 valence electrons. The van der Waals surface area contributed by atoms with Crippen molar-refractivity contribution in [2.45, 2.75) is 11.8 Å². The molecule has 0 aromatic heterocycles. The number of amides is 3. The number of rotatable bonds is 7. The summed E-state index contributed by atoms with van der Waals surface area (Å²) >= 11 is 9.43. The third-order valence-electron chi connectivity index (χ3n) is 9.75. The van der Waals surface area contributed by atoms with Crippen molar-refractivity contribution in [1.82, 2.24) is 10.0 Å². The van der Waals surface area contributed by atoms with Crippen molar-refractivity contribution in [3.63, 3.8) is 0 Å². The zero-order chi connectivity index (χ0) is 34.7. The SMILES string of the molecule is O=C(CN(C(=O)c1ccc(Cl)cc1)N1C(=O)[C@@H]2C3c4ccccc4C(c4ccccc43)[C@@H]2C1=O)c1ccc(OC(=O)c2ccc(Br)cc2)cc1. The number of hydrogen-bond donors (Lipinski definition) is 0. The molecule has 3 amide bonds. The Hall–Kier alpha value is -5.38. The summed E-state index contributed by atoms with van der Waals surface area (Å²) < 4.78 is 6.29. The van der Waals surface area contributed by atoms with Gasteiger partial charge < -0.3 is 4.74 Å². The molecule has 1 saturated heterocycles. The van der Waals surface area contributed by atoms with E-state index in [0.717, 1.165) is 36.7 Å². The molecule has 0 spiro atoms. The van der Waals surface area contributed by atoms with Crippen LogP contribution in [0.25, 0.3) is 0 Å². The van der Waals surface area contributed by atoms with E-state index in [2.05, 4.69) is 15.9 Å². The molecular formula is C40H26BrClN2O6. The predicted molar refractivity (Wildman–Crippen MR) is 188 cm³/mol. The quantitative estimate of drug-likeness (QED) is 0.0743. The number of hydrogen-bond acceptors (Lipinski definition) is 6. The Bertz CT molecular complexity index is 2110. The highest BCUT2D eigenvalue weighted by atomic mass is 79.9. The highest BCUT2D eigenvalue weighted by Crippen LogP contribution is 2.61. The first kappa shape index (κ1) is 31.9. The van der Waals surface area contributed by atoms with Gasteiger partial charge in [-0.2, -0.15) is 5.01 Å². The summed E-state index contributed by atoms with van der Waals surface area (Å²) in [6, 6.07) is 34.3. The number of carbonyl (C=O) groups excluding carboxylic acids is 5.